The molecule has 96 valence electrons. The smallest absolute Gasteiger partial charge is 0.128 e. The number of hydrogen-bond donors (Lipinski definition) is 1. The summed E-state index contributed by atoms with van der Waals surface area (Å²) in [6.45, 7) is 9.78. The predicted octanol–water partition coefficient (Wildman–Crippen LogP) is 1.95. The van der Waals surface area contributed by atoms with Crippen LogP contribution in [0, 0.1) is 6.92 Å². The average Bonchev–Trinajstić information content (AvgIpc) is 2.72. The highest BCUT2D eigenvalue weighted by Gasteiger charge is 2.24. The van der Waals surface area contributed by atoms with Gasteiger partial charge in [-0.1, -0.05) is 5.16 Å². The first-order valence-electron chi connectivity index (χ1n) is 6.55. The van der Waals surface area contributed by atoms with E-state index < -0.39 is 0 Å². The van der Waals surface area contributed by atoms with Crippen molar-refractivity contribution in [3.05, 3.63) is 17.5 Å². The van der Waals surface area contributed by atoms with Gasteiger partial charge in [-0.15, -0.1) is 0 Å². The fraction of sp³-hybridized carbons (Fsp3) is 0.769. The highest BCUT2D eigenvalue weighted by molar-refractivity contribution is 5.12. The van der Waals surface area contributed by atoms with Crippen molar-refractivity contribution in [1.82, 2.24) is 15.4 Å². The lowest BCUT2D eigenvalue weighted by molar-refractivity contribution is 0.117. The molecule has 0 aromatic carbocycles. The SMILES string of the molecule is Cc1nocc1CN(C(C)C)C1CCNCC1. The maximum Gasteiger partial charge on any atom is 0.128 e. The Bertz CT molecular complexity index is 342. The van der Waals surface area contributed by atoms with Crippen LogP contribution in [0.5, 0.6) is 0 Å². The van der Waals surface area contributed by atoms with Gasteiger partial charge in [-0.2, -0.15) is 0 Å². The summed E-state index contributed by atoms with van der Waals surface area (Å²) < 4.78 is 5.02. The maximum atomic E-state index is 5.02. The molecule has 4 heteroatoms. The summed E-state index contributed by atoms with van der Waals surface area (Å²) in [5.41, 5.74) is 2.24. The minimum Gasteiger partial charge on any atom is -0.364 e. The van der Waals surface area contributed by atoms with Gasteiger partial charge in [0.05, 0.1) is 5.69 Å². The molecule has 1 aliphatic heterocycles. The van der Waals surface area contributed by atoms with Crippen LogP contribution >= 0.6 is 0 Å². The van der Waals surface area contributed by atoms with Crippen LogP contribution in [-0.2, 0) is 6.54 Å². The van der Waals surface area contributed by atoms with Crippen LogP contribution in [0.2, 0.25) is 0 Å². The molecule has 4 nitrogen and oxygen atoms in total. The molecule has 0 bridgehead atoms. The Morgan fingerprint density at radius 3 is 2.71 bits per heavy atom. The van der Waals surface area contributed by atoms with Gasteiger partial charge >= 0.3 is 0 Å². The Kier molecular flexibility index (Phi) is 4.18. The Labute approximate surface area is 103 Å². The summed E-state index contributed by atoms with van der Waals surface area (Å²) in [6, 6.07) is 1.25. The molecular weight excluding hydrogens is 214 g/mol. The zero-order valence-electron chi connectivity index (χ0n) is 11.1. The third kappa shape index (κ3) is 3.07. The molecule has 1 aromatic heterocycles. The Balaban J connectivity index is 2.04. The molecule has 17 heavy (non-hydrogen) atoms. The summed E-state index contributed by atoms with van der Waals surface area (Å²) in [5.74, 6) is 0. The Morgan fingerprint density at radius 2 is 2.18 bits per heavy atom. The third-order valence-corrected chi connectivity index (χ3v) is 3.64. The number of piperidine rings is 1. The van der Waals surface area contributed by atoms with Crippen molar-refractivity contribution in [3.63, 3.8) is 0 Å². The van der Waals surface area contributed by atoms with E-state index in [2.05, 4.69) is 29.2 Å². The number of nitrogens with zero attached hydrogens (tertiary/aromatic N) is 2. The Morgan fingerprint density at radius 1 is 1.47 bits per heavy atom. The minimum absolute atomic E-state index is 0.562. The second-order valence-electron chi connectivity index (χ2n) is 5.17. The summed E-state index contributed by atoms with van der Waals surface area (Å²) in [6.07, 6.45) is 4.26. The van der Waals surface area contributed by atoms with E-state index in [9.17, 15) is 0 Å². The van der Waals surface area contributed by atoms with Crippen LogP contribution in [0.25, 0.3) is 0 Å². The van der Waals surface area contributed by atoms with Crippen LogP contribution in [0.15, 0.2) is 10.8 Å². The summed E-state index contributed by atoms with van der Waals surface area (Å²) in [4.78, 5) is 2.57. The van der Waals surface area contributed by atoms with Crippen molar-refractivity contribution in [2.75, 3.05) is 13.1 Å². The van der Waals surface area contributed by atoms with E-state index in [0.717, 1.165) is 25.3 Å². The molecule has 1 aromatic rings. The molecule has 2 rings (SSSR count). The van der Waals surface area contributed by atoms with Gasteiger partial charge in [0.2, 0.25) is 0 Å². The van der Waals surface area contributed by atoms with Crippen molar-refractivity contribution in [2.24, 2.45) is 0 Å². The molecule has 0 spiro atoms. The molecule has 0 aliphatic carbocycles. The highest BCUT2D eigenvalue weighted by Crippen LogP contribution is 2.19. The van der Waals surface area contributed by atoms with Crippen molar-refractivity contribution in [2.45, 2.75) is 52.2 Å². The monoisotopic (exact) mass is 237 g/mol. The first kappa shape index (κ1) is 12.6. The average molecular weight is 237 g/mol. The van der Waals surface area contributed by atoms with Gasteiger partial charge in [0.25, 0.3) is 0 Å². The number of rotatable bonds is 4. The number of aromatic nitrogens is 1. The van der Waals surface area contributed by atoms with E-state index >= 15 is 0 Å². The topological polar surface area (TPSA) is 41.3 Å². The lowest BCUT2D eigenvalue weighted by Gasteiger charge is -2.37. The van der Waals surface area contributed by atoms with Crippen LogP contribution in [0.1, 0.15) is 37.9 Å². The van der Waals surface area contributed by atoms with Crippen molar-refractivity contribution >= 4 is 0 Å². The molecule has 1 saturated heterocycles. The van der Waals surface area contributed by atoms with E-state index in [1.54, 1.807) is 6.26 Å². The van der Waals surface area contributed by atoms with E-state index in [-0.39, 0.29) is 0 Å². The zero-order chi connectivity index (χ0) is 12.3. The molecule has 0 unspecified atom stereocenters. The van der Waals surface area contributed by atoms with E-state index in [4.69, 9.17) is 4.52 Å². The quantitative estimate of drug-likeness (QED) is 0.869. The first-order valence-corrected chi connectivity index (χ1v) is 6.55. The summed E-state index contributed by atoms with van der Waals surface area (Å²) in [5, 5.41) is 7.38. The van der Waals surface area contributed by atoms with Crippen molar-refractivity contribution in [1.29, 1.82) is 0 Å². The molecule has 0 amide bonds. The van der Waals surface area contributed by atoms with Crippen molar-refractivity contribution in [3.8, 4) is 0 Å². The lowest BCUT2D eigenvalue weighted by Crippen LogP contribution is -2.45. The lowest BCUT2D eigenvalue weighted by atomic mass is 10.0. The van der Waals surface area contributed by atoms with Crippen LogP contribution in [-0.4, -0.2) is 35.2 Å². The van der Waals surface area contributed by atoms with Crippen molar-refractivity contribution < 1.29 is 4.52 Å². The van der Waals surface area contributed by atoms with Crippen LogP contribution in [0.4, 0.5) is 0 Å². The molecule has 2 heterocycles. The third-order valence-electron chi connectivity index (χ3n) is 3.64. The van der Waals surface area contributed by atoms with Gasteiger partial charge in [0, 0.05) is 24.2 Å². The van der Waals surface area contributed by atoms with E-state index in [1.165, 1.54) is 18.4 Å². The molecule has 0 saturated carbocycles. The second-order valence-corrected chi connectivity index (χ2v) is 5.17. The van der Waals surface area contributed by atoms with E-state index in [1.807, 2.05) is 6.92 Å². The predicted molar refractivity (Wildman–Crippen MR) is 67.8 cm³/mol. The standard InChI is InChI=1S/C13H23N3O/c1-10(2)16(13-4-6-14-7-5-13)8-12-9-17-15-11(12)3/h9-10,13-14H,4-8H2,1-3H3. The van der Waals surface area contributed by atoms with Gasteiger partial charge in [-0.3, -0.25) is 4.90 Å². The van der Waals surface area contributed by atoms with Gasteiger partial charge < -0.3 is 9.84 Å². The molecule has 0 atom stereocenters. The van der Waals surface area contributed by atoms with Gasteiger partial charge in [0.15, 0.2) is 0 Å². The van der Waals surface area contributed by atoms with E-state index in [0.29, 0.717) is 12.1 Å². The second kappa shape index (κ2) is 5.65. The highest BCUT2D eigenvalue weighted by atomic mass is 16.5. The normalized spacial score (nSPS) is 18.2. The molecule has 1 fully saturated rings. The molecular formula is C13H23N3O. The van der Waals surface area contributed by atoms with Crippen LogP contribution < -0.4 is 5.32 Å². The molecule has 0 radical (unpaired) electrons. The molecule has 1 aliphatic rings. The largest absolute Gasteiger partial charge is 0.364 e. The summed E-state index contributed by atoms with van der Waals surface area (Å²) >= 11 is 0. The minimum atomic E-state index is 0.562. The Hall–Kier alpha value is -0.870. The van der Waals surface area contributed by atoms with Gasteiger partial charge in [-0.05, 0) is 46.7 Å². The fourth-order valence-corrected chi connectivity index (χ4v) is 2.53. The maximum absolute atomic E-state index is 5.02. The number of nitrogens with one attached hydrogen (secondary N) is 1. The zero-order valence-corrected chi connectivity index (χ0v) is 11.1. The van der Waals surface area contributed by atoms with Gasteiger partial charge in [-0.25, -0.2) is 0 Å². The first-order chi connectivity index (χ1) is 8.18. The molecule has 1 N–H and O–H groups in total. The number of aryl methyl sites for hydroxylation is 1. The van der Waals surface area contributed by atoms with Gasteiger partial charge in [0.1, 0.15) is 6.26 Å². The van der Waals surface area contributed by atoms with Crippen LogP contribution in [0.3, 0.4) is 0 Å². The number of hydrogen-bond acceptors (Lipinski definition) is 4. The summed E-state index contributed by atoms with van der Waals surface area (Å²) in [7, 11) is 0. The fourth-order valence-electron chi connectivity index (χ4n) is 2.53.